The second-order valence-corrected chi connectivity index (χ2v) is 8.01. The van der Waals surface area contributed by atoms with Gasteiger partial charge in [-0.25, -0.2) is 26.3 Å². The summed E-state index contributed by atoms with van der Waals surface area (Å²) in [6, 6.07) is 8.10. The Kier molecular flexibility index (Phi) is 6.29. The normalized spacial score (nSPS) is 12.0. The summed E-state index contributed by atoms with van der Waals surface area (Å²) in [6.45, 7) is 1.72. The van der Waals surface area contributed by atoms with Crippen molar-refractivity contribution in [2.75, 3.05) is 18.8 Å². The molecule has 0 heterocycles. The molecule has 2 N–H and O–H groups in total. The molecule has 1 aromatic rings. The van der Waals surface area contributed by atoms with Crippen molar-refractivity contribution < 1.29 is 16.8 Å². The zero-order valence-electron chi connectivity index (χ0n) is 11.5. The maximum absolute atomic E-state index is 11.8. The zero-order chi connectivity index (χ0) is 15.9. The van der Waals surface area contributed by atoms with E-state index in [1.165, 1.54) is 12.1 Å². The lowest BCUT2D eigenvalue weighted by atomic mass is 10.2. The first-order valence-corrected chi connectivity index (χ1v) is 9.52. The third-order valence-electron chi connectivity index (χ3n) is 2.50. The van der Waals surface area contributed by atoms with Crippen molar-refractivity contribution in [1.82, 2.24) is 9.44 Å². The summed E-state index contributed by atoms with van der Waals surface area (Å²) in [6.07, 6.45) is 0. The van der Waals surface area contributed by atoms with Gasteiger partial charge >= 0.3 is 0 Å². The molecule has 0 aliphatic carbocycles. The van der Waals surface area contributed by atoms with E-state index < -0.39 is 20.0 Å². The number of hydrogen-bond donors (Lipinski definition) is 2. The van der Waals surface area contributed by atoms with Gasteiger partial charge in [-0.1, -0.05) is 19.1 Å². The van der Waals surface area contributed by atoms with Crippen LogP contribution in [0.5, 0.6) is 0 Å². The molecule has 0 aromatic heterocycles. The number of nitrogens with zero attached hydrogens (tertiary/aromatic N) is 1. The van der Waals surface area contributed by atoms with Crippen LogP contribution in [-0.4, -0.2) is 35.7 Å². The minimum absolute atomic E-state index is 0.187. The van der Waals surface area contributed by atoms with Gasteiger partial charge in [-0.05, 0) is 17.7 Å². The third kappa shape index (κ3) is 6.68. The highest BCUT2D eigenvalue weighted by Crippen LogP contribution is 2.07. The van der Waals surface area contributed by atoms with Crippen LogP contribution in [0.2, 0.25) is 0 Å². The second-order valence-electron chi connectivity index (χ2n) is 4.28. The molecule has 0 bridgehead atoms. The topological polar surface area (TPSA) is 116 Å². The van der Waals surface area contributed by atoms with E-state index in [9.17, 15) is 16.8 Å². The molecule has 21 heavy (non-hydrogen) atoms. The molecule has 0 atom stereocenters. The molecule has 0 saturated carbocycles. The Morgan fingerprint density at radius 1 is 1.05 bits per heavy atom. The molecule has 0 saturated heterocycles. The van der Waals surface area contributed by atoms with E-state index in [0.717, 1.165) is 0 Å². The summed E-state index contributed by atoms with van der Waals surface area (Å²) in [5, 5.41) is 8.65. The van der Waals surface area contributed by atoms with Crippen LogP contribution in [0.25, 0.3) is 0 Å². The molecule has 0 radical (unpaired) electrons. The van der Waals surface area contributed by atoms with Crippen molar-refractivity contribution in [2.24, 2.45) is 0 Å². The first kappa shape index (κ1) is 17.6. The van der Waals surface area contributed by atoms with Gasteiger partial charge in [0, 0.05) is 13.1 Å². The van der Waals surface area contributed by atoms with Crippen molar-refractivity contribution in [3.05, 3.63) is 35.4 Å². The number of benzene rings is 1. The van der Waals surface area contributed by atoms with E-state index in [1.54, 1.807) is 19.1 Å². The molecule has 116 valence electrons. The molecular formula is C12H17N3O4S2. The lowest BCUT2D eigenvalue weighted by Crippen LogP contribution is -2.34. The highest BCUT2D eigenvalue weighted by molar-refractivity contribution is 7.90. The van der Waals surface area contributed by atoms with Crippen LogP contribution < -0.4 is 9.44 Å². The standard InChI is InChI=1S/C12H17N3O4S2/c1-2-14-20(16,17)8-7-15-21(18,19)10-12-5-3-11(9-13)4-6-12/h3-6,14-15H,2,7-8,10H2,1H3. The number of nitriles is 1. The van der Waals surface area contributed by atoms with Gasteiger partial charge < -0.3 is 0 Å². The van der Waals surface area contributed by atoms with Crippen molar-refractivity contribution in [2.45, 2.75) is 12.7 Å². The fraction of sp³-hybridized carbons (Fsp3) is 0.417. The molecule has 0 amide bonds. The summed E-state index contributed by atoms with van der Waals surface area (Å²) in [7, 11) is -7.07. The minimum atomic E-state index is -3.62. The predicted octanol–water partition coefficient (Wildman–Crippen LogP) is -0.0830. The van der Waals surface area contributed by atoms with Gasteiger partial charge in [-0.3, -0.25) is 0 Å². The van der Waals surface area contributed by atoms with Gasteiger partial charge in [0.05, 0.1) is 23.1 Å². The molecule has 0 spiro atoms. The lowest BCUT2D eigenvalue weighted by Gasteiger charge is -2.08. The van der Waals surface area contributed by atoms with E-state index >= 15 is 0 Å². The van der Waals surface area contributed by atoms with Crippen molar-refractivity contribution in [3.8, 4) is 6.07 Å². The number of sulfonamides is 2. The lowest BCUT2D eigenvalue weighted by molar-refractivity contribution is 0.576. The highest BCUT2D eigenvalue weighted by atomic mass is 32.2. The van der Waals surface area contributed by atoms with Gasteiger partial charge in [0.1, 0.15) is 0 Å². The van der Waals surface area contributed by atoms with Gasteiger partial charge in [0.15, 0.2) is 0 Å². The Balaban J connectivity index is 2.56. The Labute approximate surface area is 125 Å². The number of hydrogen-bond acceptors (Lipinski definition) is 5. The Morgan fingerprint density at radius 3 is 2.19 bits per heavy atom. The predicted molar refractivity (Wildman–Crippen MR) is 79.2 cm³/mol. The molecule has 1 aromatic carbocycles. The van der Waals surface area contributed by atoms with Gasteiger partial charge in [-0.2, -0.15) is 5.26 Å². The van der Waals surface area contributed by atoms with Gasteiger partial charge in [-0.15, -0.1) is 0 Å². The Bertz CT molecular complexity index is 704. The Morgan fingerprint density at radius 2 is 1.67 bits per heavy atom. The van der Waals surface area contributed by atoms with Gasteiger partial charge in [0.25, 0.3) is 0 Å². The molecule has 0 aliphatic heterocycles. The maximum atomic E-state index is 11.8. The fourth-order valence-corrected chi connectivity index (χ4v) is 3.80. The third-order valence-corrected chi connectivity index (χ3v) is 5.32. The second kappa shape index (κ2) is 7.51. The molecule has 1 rings (SSSR count). The average molecular weight is 331 g/mol. The van der Waals surface area contributed by atoms with Crippen molar-refractivity contribution in [3.63, 3.8) is 0 Å². The number of nitrogens with one attached hydrogen (secondary N) is 2. The molecule has 7 nitrogen and oxygen atoms in total. The summed E-state index contributed by atoms with van der Waals surface area (Å²) in [5.74, 6) is -0.576. The van der Waals surface area contributed by atoms with Crippen LogP contribution in [0, 0.1) is 11.3 Å². The quantitative estimate of drug-likeness (QED) is 0.691. The average Bonchev–Trinajstić information content (AvgIpc) is 2.38. The summed E-state index contributed by atoms with van der Waals surface area (Å²) < 4.78 is 50.9. The molecule has 0 fully saturated rings. The summed E-state index contributed by atoms with van der Waals surface area (Å²) in [4.78, 5) is 0. The van der Waals surface area contributed by atoms with E-state index in [0.29, 0.717) is 11.1 Å². The zero-order valence-corrected chi connectivity index (χ0v) is 13.2. The Hall–Kier alpha value is -1.47. The number of rotatable bonds is 8. The minimum Gasteiger partial charge on any atom is -0.215 e. The molecular weight excluding hydrogens is 314 g/mol. The summed E-state index contributed by atoms with van der Waals surface area (Å²) >= 11 is 0. The summed E-state index contributed by atoms with van der Waals surface area (Å²) in [5.41, 5.74) is 0.969. The molecule has 9 heteroatoms. The fourth-order valence-electron chi connectivity index (χ4n) is 1.57. The van der Waals surface area contributed by atoms with Crippen LogP contribution in [0.3, 0.4) is 0 Å². The SMILES string of the molecule is CCNS(=O)(=O)CCNS(=O)(=O)Cc1ccc(C#N)cc1. The smallest absolute Gasteiger partial charge is 0.215 e. The highest BCUT2D eigenvalue weighted by Gasteiger charge is 2.14. The van der Waals surface area contributed by atoms with Crippen molar-refractivity contribution in [1.29, 1.82) is 5.26 Å². The first-order valence-electron chi connectivity index (χ1n) is 6.22. The van der Waals surface area contributed by atoms with Crippen LogP contribution in [-0.2, 0) is 25.8 Å². The monoisotopic (exact) mass is 331 g/mol. The molecule has 0 aliphatic rings. The van der Waals surface area contributed by atoms with E-state index in [1.807, 2.05) is 6.07 Å². The maximum Gasteiger partial charge on any atom is 0.215 e. The van der Waals surface area contributed by atoms with Crippen molar-refractivity contribution >= 4 is 20.0 Å². The van der Waals surface area contributed by atoms with Crippen LogP contribution in [0.15, 0.2) is 24.3 Å². The largest absolute Gasteiger partial charge is 0.215 e. The van der Waals surface area contributed by atoms with Gasteiger partial charge in [0.2, 0.25) is 20.0 Å². The first-order chi connectivity index (χ1) is 9.78. The van der Waals surface area contributed by atoms with Crippen LogP contribution in [0.1, 0.15) is 18.1 Å². The van der Waals surface area contributed by atoms with Crippen LogP contribution in [0.4, 0.5) is 0 Å². The van der Waals surface area contributed by atoms with E-state index in [2.05, 4.69) is 9.44 Å². The van der Waals surface area contributed by atoms with E-state index in [-0.39, 0.29) is 24.6 Å². The molecule has 0 unspecified atom stereocenters. The van der Waals surface area contributed by atoms with Crippen LogP contribution >= 0.6 is 0 Å². The van der Waals surface area contributed by atoms with E-state index in [4.69, 9.17) is 5.26 Å².